The van der Waals surface area contributed by atoms with Crippen LogP contribution in [0.2, 0.25) is 10.0 Å². The highest BCUT2D eigenvalue weighted by Crippen LogP contribution is 2.39. The second kappa shape index (κ2) is 6.14. The minimum atomic E-state index is -4.72. The molecule has 2 aromatic rings. The first kappa shape index (κ1) is 16.6. The molecule has 0 spiro atoms. The van der Waals surface area contributed by atoms with E-state index in [1.165, 1.54) is 18.2 Å². The maximum absolute atomic E-state index is 13.8. The summed E-state index contributed by atoms with van der Waals surface area (Å²) in [5, 5.41) is -0.487. The number of hydrogen-bond donors (Lipinski definition) is 0. The molecule has 0 aliphatic rings. The Balaban J connectivity index is 2.38. The number of carbonyl (C=O) groups is 1. The number of benzene rings is 2. The first-order valence-electron chi connectivity index (χ1n) is 5.71. The van der Waals surface area contributed by atoms with Crippen LogP contribution in [-0.4, -0.2) is 6.29 Å². The van der Waals surface area contributed by atoms with E-state index in [2.05, 4.69) is 0 Å². The summed E-state index contributed by atoms with van der Waals surface area (Å²) in [6, 6.07) is 4.69. The lowest BCUT2D eigenvalue weighted by molar-refractivity contribution is -0.137. The number of hydrogen-bond acceptors (Lipinski definition) is 2. The zero-order chi connectivity index (χ0) is 16.5. The largest absolute Gasteiger partial charge is 0.453 e. The fourth-order valence-electron chi connectivity index (χ4n) is 1.61. The average molecular weight is 353 g/mol. The van der Waals surface area contributed by atoms with Crippen molar-refractivity contribution in [3.05, 3.63) is 57.3 Å². The average Bonchev–Trinajstić information content (AvgIpc) is 2.41. The Bertz CT molecular complexity index is 706. The molecule has 0 radical (unpaired) electrons. The van der Waals surface area contributed by atoms with Gasteiger partial charge in [0, 0.05) is 11.6 Å². The Labute approximate surface area is 132 Å². The Morgan fingerprint density at radius 2 is 1.73 bits per heavy atom. The predicted molar refractivity (Wildman–Crippen MR) is 73.3 cm³/mol. The van der Waals surface area contributed by atoms with Crippen molar-refractivity contribution in [2.75, 3.05) is 0 Å². The monoisotopic (exact) mass is 352 g/mol. The number of carbonyl (C=O) groups excluding carboxylic acids is 1. The van der Waals surface area contributed by atoms with Gasteiger partial charge >= 0.3 is 6.18 Å². The van der Waals surface area contributed by atoms with Gasteiger partial charge in [-0.2, -0.15) is 13.2 Å². The predicted octanol–water partition coefficient (Wildman–Crippen LogP) is 5.76. The minimum absolute atomic E-state index is 0.0242. The molecule has 0 aromatic heterocycles. The summed E-state index contributed by atoms with van der Waals surface area (Å²) in [5.41, 5.74) is -1.04. The third-order valence-electron chi connectivity index (χ3n) is 2.64. The molecule has 0 aliphatic carbocycles. The van der Waals surface area contributed by atoms with Crippen molar-refractivity contribution in [1.29, 1.82) is 0 Å². The molecule has 2 rings (SSSR count). The summed E-state index contributed by atoms with van der Waals surface area (Å²) in [7, 11) is 0. The van der Waals surface area contributed by atoms with E-state index in [9.17, 15) is 22.4 Å². The van der Waals surface area contributed by atoms with Gasteiger partial charge in [0.15, 0.2) is 17.9 Å². The van der Waals surface area contributed by atoms with Crippen LogP contribution in [-0.2, 0) is 6.18 Å². The van der Waals surface area contributed by atoms with Crippen LogP contribution >= 0.6 is 23.2 Å². The van der Waals surface area contributed by atoms with Gasteiger partial charge in [-0.05, 0) is 24.3 Å². The molecule has 0 atom stereocenters. The zero-order valence-corrected chi connectivity index (χ0v) is 12.1. The van der Waals surface area contributed by atoms with Crippen LogP contribution in [0.1, 0.15) is 15.9 Å². The summed E-state index contributed by atoms with van der Waals surface area (Å²) in [5.74, 6) is -1.81. The van der Waals surface area contributed by atoms with Gasteiger partial charge in [-0.1, -0.05) is 23.2 Å². The lowest BCUT2D eigenvalue weighted by Crippen LogP contribution is -2.06. The van der Waals surface area contributed by atoms with Crippen LogP contribution in [0.15, 0.2) is 30.3 Å². The molecule has 2 nitrogen and oxygen atoms in total. The van der Waals surface area contributed by atoms with E-state index >= 15 is 0 Å². The van der Waals surface area contributed by atoms with Gasteiger partial charge in [0.25, 0.3) is 0 Å². The van der Waals surface area contributed by atoms with Crippen LogP contribution in [0.5, 0.6) is 11.5 Å². The summed E-state index contributed by atoms with van der Waals surface area (Å²) in [6.07, 6.45) is -4.21. The topological polar surface area (TPSA) is 26.3 Å². The van der Waals surface area contributed by atoms with Gasteiger partial charge in [-0.3, -0.25) is 4.79 Å². The number of ether oxygens (including phenoxy) is 1. The molecule has 0 N–H and O–H groups in total. The van der Waals surface area contributed by atoms with Crippen LogP contribution in [0, 0.1) is 5.82 Å². The quantitative estimate of drug-likeness (QED) is 0.518. The molecule has 22 heavy (non-hydrogen) atoms. The van der Waals surface area contributed by atoms with Crippen LogP contribution in [0.4, 0.5) is 17.6 Å². The molecule has 8 heteroatoms. The summed E-state index contributed by atoms with van der Waals surface area (Å²) >= 11 is 11.4. The van der Waals surface area contributed by atoms with E-state index in [0.29, 0.717) is 12.4 Å². The van der Waals surface area contributed by atoms with Crippen molar-refractivity contribution < 1.29 is 27.1 Å². The third-order valence-corrected chi connectivity index (χ3v) is 3.25. The van der Waals surface area contributed by atoms with Crippen molar-refractivity contribution in [2.45, 2.75) is 6.18 Å². The fourth-order valence-corrected chi connectivity index (χ4v) is 2.07. The van der Waals surface area contributed by atoms with Gasteiger partial charge in [0.1, 0.15) is 5.75 Å². The first-order chi connectivity index (χ1) is 10.2. The van der Waals surface area contributed by atoms with Gasteiger partial charge in [0.2, 0.25) is 0 Å². The Morgan fingerprint density at radius 1 is 1.05 bits per heavy atom. The number of aldehydes is 1. The van der Waals surface area contributed by atoms with Gasteiger partial charge in [0.05, 0.1) is 15.6 Å². The number of alkyl halides is 3. The Morgan fingerprint density at radius 3 is 2.23 bits per heavy atom. The standard InChI is InChI=1S/C14H6Cl2F4O2/c15-10-5-9(2-1-7(10)6-21)22-13-11(16)3-8(4-12(13)17)14(18,19)20/h1-6H. The summed E-state index contributed by atoms with van der Waals surface area (Å²) in [6.45, 7) is 0. The SMILES string of the molecule is O=Cc1ccc(Oc2c(F)cc(C(F)(F)F)cc2Cl)cc1Cl. The van der Waals surface area contributed by atoms with Gasteiger partial charge in [-0.15, -0.1) is 0 Å². The minimum Gasteiger partial charge on any atom is -0.453 e. The molecule has 2 aromatic carbocycles. The van der Waals surface area contributed by atoms with Crippen LogP contribution in [0.25, 0.3) is 0 Å². The van der Waals surface area contributed by atoms with Crippen molar-refractivity contribution in [3.8, 4) is 11.5 Å². The van der Waals surface area contributed by atoms with E-state index < -0.39 is 28.3 Å². The van der Waals surface area contributed by atoms with Crippen LogP contribution in [0.3, 0.4) is 0 Å². The normalized spacial score (nSPS) is 11.4. The second-order valence-corrected chi connectivity index (χ2v) is 4.98. The van der Waals surface area contributed by atoms with Crippen molar-refractivity contribution in [1.82, 2.24) is 0 Å². The highest BCUT2D eigenvalue weighted by molar-refractivity contribution is 6.33. The van der Waals surface area contributed by atoms with Crippen LogP contribution < -0.4 is 4.74 Å². The van der Waals surface area contributed by atoms with Gasteiger partial charge in [-0.25, -0.2) is 4.39 Å². The zero-order valence-electron chi connectivity index (χ0n) is 10.5. The maximum atomic E-state index is 13.8. The van der Waals surface area contributed by atoms with E-state index in [1.807, 2.05) is 0 Å². The molecule has 0 saturated carbocycles. The summed E-state index contributed by atoms with van der Waals surface area (Å²) in [4.78, 5) is 10.6. The molecule has 0 fully saturated rings. The van der Waals surface area contributed by atoms with Gasteiger partial charge < -0.3 is 4.74 Å². The van der Waals surface area contributed by atoms with E-state index in [0.717, 1.165) is 0 Å². The molecule has 0 heterocycles. The van der Waals surface area contributed by atoms with Crippen molar-refractivity contribution >= 4 is 29.5 Å². The first-order valence-corrected chi connectivity index (χ1v) is 6.47. The molecule has 0 aliphatic heterocycles. The highest BCUT2D eigenvalue weighted by Gasteiger charge is 2.32. The smallest absolute Gasteiger partial charge is 0.416 e. The molecular formula is C14H6Cl2F4O2. The lowest BCUT2D eigenvalue weighted by atomic mass is 10.2. The number of halogens is 6. The Kier molecular flexibility index (Phi) is 4.63. The molecular weight excluding hydrogens is 347 g/mol. The Hall–Kier alpha value is -1.79. The molecule has 0 amide bonds. The molecule has 0 bridgehead atoms. The number of rotatable bonds is 3. The highest BCUT2D eigenvalue weighted by atomic mass is 35.5. The van der Waals surface area contributed by atoms with Crippen molar-refractivity contribution in [2.24, 2.45) is 0 Å². The lowest BCUT2D eigenvalue weighted by Gasteiger charge is -2.12. The van der Waals surface area contributed by atoms with E-state index in [-0.39, 0.29) is 22.4 Å². The maximum Gasteiger partial charge on any atom is 0.416 e. The second-order valence-electron chi connectivity index (χ2n) is 4.17. The van der Waals surface area contributed by atoms with E-state index in [4.69, 9.17) is 27.9 Å². The summed E-state index contributed by atoms with van der Waals surface area (Å²) < 4.78 is 56.5. The third kappa shape index (κ3) is 3.51. The fraction of sp³-hybridized carbons (Fsp3) is 0.0714. The molecule has 0 saturated heterocycles. The van der Waals surface area contributed by atoms with E-state index in [1.54, 1.807) is 0 Å². The van der Waals surface area contributed by atoms with Crippen molar-refractivity contribution in [3.63, 3.8) is 0 Å². The molecule has 116 valence electrons. The molecule has 0 unspecified atom stereocenters.